The Morgan fingerprint density at radius 2 is 1.81 bits per heavy atom. The summed E-state index contributed by atoms with van der Waals surface area (Å²) in [5, 5.41) is 49.9. The zero-order valence-electron chi connectivity index (χ0n) is 26.5. The van der Waals surface area contributed by atoms with Crippen LogP contribution < -0.4 is 10.6 Å². The molecule has 0 aliphatic heterocycles. The van der Waals surface area contributed by atoms with Crippen molar-refractivity contribution >= 4 is 23.6 Å². The topological polar surface area (TPSA) is 228 Å². The van der Waals surface area contributed by atoms with Crippen molar-refractivity contribution in [2.45, 2.75) is 83.1 Å². The first-order valence-electron chi connectivity index (χ1n) is 15.8. The van der Waals surface area contributed by atoms with Gasteiger partial charge in [-0.2, -0.15) is 0 Å². The van der Waals surface area contributed by atoms with E-state index < -0.39 is 83.1 Å². The third kappa shape index (κ3) is 7.90. The molecule has 2 amide bonds. The standard InChI is InChI=1S/C30H45FN4O12/c1-28-14-25(38)30(31)22(7-6-18-13-19(36)10-11-29(18,30)2)21(28)8-9-23(28)24(37)17-45-27(40)33-15-26(39)32-12-4-3-5-20(47-35(43)44)16-46-34(41)42/h10-11,13,20-23,25,38,41-44H,3-9,12,14-17H2,1-2H3,(H,32,39)(H,33,40)/t20?,21?,22-,23?,25-,28-,29-,30?/m0/s1. The number of unbranched alkanes of at least 4 members (excludes halogenated alkanes) is 1. The van der Waals surface area contributed by atoms with E-state index in [1.807, 2.05) is 6.92 Å². The van der Waals surface area contributed by atoms with Gasteiger partial charge in [-0.25, -0.2) is 18.9 Å². The Bertz CT molecular complexity index is 1250. The number of allylic oxidation sites excluding steroid dienone is 4. The minimum absolute atomic E-state index is 0.0603. The predicted octanol–water partition coefficient (Wildman–Crippen LogP) is 1.95. The number of aliphatic hydroxyl groups is 1. The number of carbonyl (C=O) groups is 4. The number of ether oxygens (including phenoxy) is 1. The molecule has 0 aromatic carbocycles. The van der Waals surface area contributed by atoms with Crippen LogP contribution in [0.5, 0.6) is 0 Å². The number of Topliss-reactive ketones (excluding diaryl/α,β-unsaturated/α-hetero) is 1. The zero-order valence-corrected chi connectivity index (χ0v) is 26.5. The van der Waals surface area contributed by atoms with Crippen LogP contribution in [0, 0.1) is 28.6 Å². The summed E-state index contributed by atoms with van der Waals surface area (Å²) in [6.45, 7) is 2.49. The molecule has 7 N–H and O–H groups in total. The minimum Gasteiger partial charge on any atom is -0.442 e. The first kappa shape index (κ1) is 37.0. The SMILES string of the molecule is C[C@]12C[C@H](O)C3(F)[C@@H](CCC4=CC(=O)C=C[C@@]43C)C1CCC2C(=O)COC(=O)NCC(=O)NCCCCC(CON(O)O)ON(O)O. The van der Waals surface area contributed by atoms with E-state index >= 15 is 4.39 Å². The highest BCUT2D eigenvalue weighted by atomic mass is 19.1. The molecule has 0 aromatic rings. The number of alkyl carbamates (subject to hydrolysis) is 1. The molecule has 0 spiro atoms. The number of alkyl halides is 1. The molecule has 264 valence electrons. The molecule has 17 heteroatoms. The van der Waals surface area contributed by atoms with E-state index in [2.05, 4.69) is 20.3 Å². The van der Waals surface area contributed by atoms with Crippen molar-refractivity contribution in [3.8, 4) is 0 Å². The van der Waals surface area contributed by atoms with E-state index in [0.29, 0.717) is 44.1 Å². The number of rotatable bonds is 15. The summed E-state index contributed by atoms with van der Waals surface area (Å²) < 4.78 is 22.3. The summed E-state index contributed by atoms with van der Waals surface area (Å²) in [6.07, 6.45) is 4.34. The number of carbonyl (C=O) groups excluding carboxylic acids is 4. The summed E-state index contributed by atoms with van der Waals surface area (Å²) in [5.74, 6) is -2.27. The predicted molar refractivity (Wildman–Crippen MR) is 155 cm³/mol. The lowest BCUT2D eigenvalue weighted by molar-refractivity contribution is -0.527. The highest BCUT2D eigenvalue weighted by Gasteiger charge is 2.70. The van der Waals surface area contributed by atoms with Crippen molar-refractivity contribution in [2.24, 2.45) is 28.6 Å². The summed E-state index contributed by atoms with van der Waals surface area (Å²) in [7, 11) is 0. The number of hydrogen-bond acceptors (Lipinski definition) is 14. The number of fused-ring (bicyclic) bond motifs is 5. The number of halogens is 1. The van der Waals surface area contributed by atoms with Crippen molar-refractivity contribution in [3.05, 3.63) is 23.8 Å². The molecule has 16 nitrogen and oxygen atoms in total. The number of nitrogens with zero attached hydrogens (tertiary/aromatic N) is 2. The Labute approximate surface area is 270 Å². The smallest absolute Gasteiger partial charge is 0.408 e. The van der Waals surface area contributed by atoms with Crippen molar-refractivity contribution in [2.75, 3.05) is 26.3 Å². The monoisotopic (exact) mass is 672 g/mol. The van der Waals surface area contributed by atoms with Gasteiger partial charge in [0.25, 0.3) is 0 Å². The van der Waals surface area contributed by atoms with Gasteiger partial charge in [0.2, 0.25) is 5.91 Å². The number of aliphatic hydroxyl groups excluding tert-OH is 1. The molecular formula is C30H45FN4O12. The second kappa shape index (κ2) is 15.1. The van der Waals surface area contributed by atoms with E-state index in [0.717, 1.165) is 0 Å². The molecular weight excluding hydrogens is 627 g/mol. The van der Waals surface area contributed by atoms with Crippen LogP contribution in [0.4, 0.5) is 9.18 Å². The van der Waals surface area contributed by atoms with Gasteiger partial charge in [-0.3, -0.25) is 35.2 Å². The van der Waals surface area contributed by atoms with Gasteiger partial charge < -0.3 is 20.5 Å². The maximum Gasteiger partial charge on any atom is 0.408 e. The Balaban J connectivity index is 1.20. The highest BCUT2D eigenvalue weighted by Crippen LogP contribution is 2.68. The van der Waals surface area contributed by atoms with E-state index in [1.54, 1.807) is 13.0 Å². The van der Waals surface area contributed by atoms with Crippen LogP contribution in [0.3, 0.4) is 0 Å². The van der Waals surface area contributed by atoms with E-state index in [-0.39, 0.29) is 36.9 Å². The van der Waals surface area contributed by atoms with Gasteiger partial charge in [-0.15, -0.1) is 0 Å². The molecule has 0 heterocycles. The maximum absolute atomic E-state index is 17.1. The molecule has 0 radical (unpaired) electrons. The lowest BCUT2D eigenvalue weighted by atomic mass is 9.45. The van der Waals surface area contributed by atoms with Gasteiger partial charge >= 0.3 is 6.09 Å². The molecule has 3 fully saturated rings. The molecule has 3 saturated carbocycles. The molecule has 0 saturated heterocycles. The minimum atomic E-state index is -1.98. The second-order valence-electron chi connectivity index (χ2n) is 13.3. The molecule has 0 bridgehead atoms. The number of hydrogen-bond donors (Lipinski definition) is 7. The van der Waals surface area contributed by atoms with Crippen LogP contribution in [-0.2, 0) is 28.8 Å². The summed E-state index contributed by atoms with van der Waals surface area (Å²) in [5.41, 5.74) is -3.10. The molecule has 0 aromatic heterocycles. The second-order valence-corrected chi connectivity index (χ2v) is 13.3. The Morgan fingerprint density at radius 3 is 2.51 bits per heavy atom. The van der Waals surface area contributed by atoms with Gasteiger partial charge in [0.1, 0.15) is 12.7 Å². The average Bonchev–Trinajstić information content (AvgIpc) is 3.34. The first-order valence-corrected chi connectivity index (χ1v) is 15.8. The number of nitrogens with one attached hydrogen (secondary N) is 2. The quantitative estimate of drug-likeness (QED) is 0.0975. The molecule has 4 unspecified atom stereocenters. The normalized spacial score (nSPS) is 33.5. The van der Waals surface area contributed by atoms with Gasteiger partial charge in [0, 0.05) is 23.8 Å². The third-order valence-electron chi connectivity index (χ3n) is 10.7. The van der Waals surface area contributed by atoms with Crippen molar-refractivity contribution in [3.63, 3.8) is 0 Å². The molecule has 4 rings (SSSR count). The van der Waals surface area contributed by atoms with Crippen LogP contribution in [0.2, 0.25) is 0 Å². The fourth-order valence-electron chi connectivity index (χ4n) is 8.41. The molecule has 4 aliphatic carbocycles. The molecule has 4 aliphatic rings. The van der Waals surface area contributed by atoms with E-state index in [4.69, 9.17) is 25.6 Å². The largest absolute Gasteiger partial charge is 0.442 e. The fraction of sp³-hybridized carbons (Fsp3) is 0.733. The van der Waals surface area contributed by atoms with Crippen molar-refractivity contribution < 1.29 is 63.9 Å². The summed E-state index contributed by atoms with van der Waals surface area (Å²) in [6, 6.07) is 0. The van der Waals surface area contributed by atoms with Crippen molar-refractivity contribution in [1.29, 1.82) is 0 Å². The molecule has 8 atom stereocenters. The number of ketones is 2. The summed E-state index contributed by atoms with van der Waals surface area (Å²) >= 11 is 0. The Morgan fingerprint density at radius 1 is 1.06 bits per heavy atom. The van der Waals surface area contributed by atoms with Crippen LogP contribution in [0.25, 0.3) is 0 Å². The van der Waals surface area contributed by atoms with Gasteiger partial charge in [-0.1, -0.05) is 18.6 Å². The van der Waals surface area contributed by atoms with Crippen LogP contribution in [0.15, 0.2) is 23.8 Å². The van der Waals surface area contributed by atoms with Gasteiger partial charge in [-0.05, 0) is 81.8 Å². The van der Waals surface area contributed by atoms with Gasteiger partial charge in [0.15, 0.2) is 23.8 Å². The van der Waals surface area contributed by atoms with Gasteiger partial charge in [0.05, 0.1) is 23.4 Å². The third-order valence-corrected chi connectivity index (χ3v) is 10.7. The maximum atomic E-state index is 17.1. The van der Waals surface area contributed by atoms with Crippen LogP contribution >= 0.6 is 0 Å². The highest BCUT2D eigenvalue weighted by molar-refractivity contribution is 6.01. The van der Waals surface area contributed by atoms with Crippen LogP contribution in [-0.4, -0.2) is 104 Å². The lowest BCUT2D eigenvalue weighted by Gasteiger charge is -2.62. The fourth-order valence-corrected chi connectivity index (χ4v) is 8.41. The average molecular weight is 673 g/mol. The molecule has 47 heavy (non-hydrogen) atoms. The zero-order chi connectivity index (χ0) is 34.6. The Hall–Kier alpha value is -2.87. The lowest BCUT2D eigenvalue weighted by Crippen LogP contribution is -2.66. The first-order chi connectivity index (χ1) is 22.1. The summed E-state index contributed by atoms with van der Waals surface area (Å²) in [4.78, 5) is 58.7. The number of amides is 2. The van der Waals surface area contributed by atoms with E-state index in [9.17, 15) is 24.3 Å². The van der Waals surface area contributed by atoms with E-state index in [1.165, 1.54) is 12.2 Å². The van der Waals surface area contributed by atoms with Crippen molar-refractivity contribution in [1.82, 2.24) is 21.4 Å². The van der Waals surface area contributed by atoms with Crippen LogP contribution in [0.1, 0.15) is 65.2 Å². The Kier molecular flexibility index (Phi) is 11.9.